The van der Waals surface area contributed by atoms with E-state index in [1.54, 1.807) is 18.2 Å². The predicted molar refractivity (Wildman–Crippen MR) is 155 cm³/mol. The summed E-state index contributed by atoms with van der Waals surface area (Å²) in [7, 11) is 0. The number of unbranched alkanes of at least 4 members (excludes halogenated alkanes) is 4. The van der Waals surface area contributed by atoms with Crippen LogP contribution in [-0.4, -0.2) is 22.8 Å². The van der Waals surface area contributed by atoms with E-state index in [9.17, 15) is 9.59 Å². The molecule has 4 rings (SSSR count). The molecule has 0 aliphatic rings. The highest BCUT2D eigenvalue weighted by atomic mass is 16.5. The zero-order chi connectivity index (χ0) is 26.9. The number of fused-ring (bicyclic) bond motifs is 1. The molecule has 0 bridgehead atoms. The zero-order valence-corrected chi connectivity index (χ0v) is 22.7. The number of carbonyl (C=O) groups is 2. The Bertz CT molecular complexity index is 1380. The molecule has 0 radical (unpaired) electrons. The highest BCUT2D eigenvalue weighted by molar-refractivity contribution is 6.07. The van der Waals surface area contributed by atoms with Gasteiger partial charge in [-0.2, -0.15) is 0 Å². The second-order valence-corrected chi connectivity index (χ2v) is 9.97. The van der Waals surface area contributed by atoms with Crippen molar-refractivity contribution >= 4 is 22.7 Å². The number of carbonyl (C=O) groups excluding carboxylic acids is 2. The quantitative estimate of drug-likeness (QED) is 0.109. The van der Waals surface area contributed by atoms with Gasteiger partial charge in [0.1, 0.15) is 0 Å². The van der Waals surface area contributed by atoms with Gasteiger partial charge in [-0.15, -0.1) is 0 Å². The molecule has 4 aromatic rings. The molecule has 0 aliphatic heterocycles. The molecule has 0 saturated carbocycles. The van der Waals surface area contributed by atoms with Crippen LogP contribution in [0, 0.1) is 6.92 Å². The minimum Gasteiger partial charge on any atom is -0.450 e. The van der Waals surface area contributed by atoms with E-state index >= 15 is 0 Å². The predicted octanol–water partition coefficient (Wildman–Crippen LogP) is 8.54. The van der Waals surface area contributed by atoms with E-state index in [1.807, 2.05) is 50.2 Å². The van der Waals surface area contributed by atoms with Gasteiger partial charge in [0.25, 0.3) is 0 Å². The lowest BCUT2D eigenvalue weighted by Crippen LogP contribution is -2.27. The topological polar surface area (TPSA) is 56.3 Å². The Morgan fingerprint density at radius 2 is 1.58 bits per heavy atom. The fourth-order valence-electron chi connectivity index (χ4n) is 4.73. The molecule has 4 nitrogen and oxygen atoms in total. The van der Waals surface area contributed by atoms with Gasteiger partial charge in [0.2, 0.25) is 5.78 Å². The van der Waals surface area contributed by atoms with Crippen molar-refractivity contribution in [2.24, 2.45) is 0 Å². The van der Waals surface area contributed by atoms with Crippen molar-refractivity contribution in [2.75, 3.05) is 0 Å². The Hall–Kier alpha value is -3.79. The van der Waals surface area contributed by atoms with Crippen molar-refractivity contribution in [3.05, 3.63) is 101 Å². The van der Waals surface area contributed by atoms with Gasteiger partial charge < -0.3 is 4.74 Å². The first-order valence-corrected chi connectivity index (χ1v) is 13.8. The number of aryl methyl sites for hydroxylation is 2. The summed E-state index contributed by atoms with van der Waals surface area (Å²) < 4.78 is 5.82. The van der Waals surface area contributed by atoms with Gasteiger partial charge >= 0.3 is 5.97 Å². The van der Waals surface area contributed by atoms with Crippen LogP contribution >= 0.6 is 0 Å². The number of hydrogen-bond acceptors (Lipinski definition) is 4. The molecule has 0 aliphatic carbocycles. The van der Waals surface area contributed by atoms with Crippen molar-refractivity contribution in [3.8, 4) is 11.3 Å². The van der Waals surface area contributed by atoms with Crippen molar-refractivity contribution in [3.63, 3.8) is 0 Å². The number of Topliss-reactive ketones (excluding diaryl/α,β-unsaturated/α-hetero) is 1. The lowest BCUT2D eigenvalue weighted by molar-refractivity contribution is 0.0279. The Morgan fingerprint density at radius 1 is 0.842 bits per heavy atom. The molecule has 4 heteroatoms. The highest BCUT2D eigenvalue weighted by Gasteiger charge is 2.25. The standard InChI is InChI=1S/C34H37NO3/c1-4-6-7-8-10-13-25-17-19-26(20-18-25)31-23-29(28-22-24(3)16-21-30(28)35-31)34(37)38-32(5-2)33(36)27-14-11-9-12-15-27/h9,11-12,14-23,32H,4-8,10,13H2,1-3H3/t32-/m0/s1. The van der Waals surface area contributed by atoms with Crippen molar-refractivity contribution in [1.29, 1.82) is 0 Å². The van der Waals surface area contributed by atoms with Gasteiger partial charge in [-0.25, -0.2) is 9.78 Å². The van der Waals surface area contributed by atoms with Crippen LogP contribution in [0.5, 0.6) is 0 Å². The number of pyridine rings is 1. The molecule has 0 amide bonds. The van der Waals surface area contributed by atoms with E-state index in [4.69, 9.17) is 9.72 Å². The maximum Gasteiger partial charge on any atom is 0.339 e. The van der Waals surface area contributed by atoms with Crippen LogP contribution < -0.4 is 0 Å². The lowest BCUT2D eigenvalue weighted by Gasteiger charge is -2.17. The number of rotatable bonds is 12. The summed E-state index contributed by atoms with van der Waals surface area (Å²) in [6.45, 7) is 6.07. The molecule has 38 heavy (non-hydrogen) atoms. The molecule has 0 unspecified atom stereocenters. The first-order chi connectivity index (χ1) is 18.5. The maximum absolute atomic E-state index is 13.5. The Kier molecular flexibility index (Phi) is 9.42. The molecule has 0 N–H and O–H groups in total. The third kappa shape index (κ3) is 6.74. The fourth-order valence-corrected chi connectivity index (χ4v) is 4.73. The summed E-state index contributed by atoms with van der Waals surface area (Å²) in [4.78, 5) is 31.4. The molecule has 1 atom stereocenters. The molecule has 1 heterocycles. The van der Waals surface area contributed by atoms with E-state index in [2.05, 4.69) is 31.2 Å². The van der Waals surface area contributed by atoms with Crippen LogP contribution in [-0.2, 0) is 11.2 Å². The van der Waals surface area contributed by atoms with Crippen molar-refractivity contribution < 1.29 is 14.3 Å². The van der Waals surface area contributed by atoms with Crippen LogP contribution in [0.4, 0.5) is 0 Å². The third-order valence-corrected chi connectivity index (χ3v) is 6.97. The number of hydrogen-bond donors (Lipinski definition) is 0. The van der Waals surface area contributed by atoms with Crippen LogP contribution in [0.15, 0.2) is 78.9 Å². The van der Waals surface area contributed by atoms with Crippen LogP contribution in [0.25, 0.3) is 22.2 Å². The summed E-state index contributed by atoms with van der Waals surface area (Å²) in [5.41, 5.74) is 5.68. The summed E-state index contributed by atoms with van der Waals surface area (Å²) >= 11 is 0. The average molecular weight is 508 g/mol. The second-order valence-electron chi connectivity index (χ2n) is 9.97. The third-order valence-electron chi connectivity index (χ3n) is 6.97. The molecule has 3 aromatic carbocycles. The summed E-state index contributed by atoms with van der Waals surface area (Å²) in [5, 5.41) is 0.726. The fraction of sp³-hybridized carbons (Fsp3) is 0.324. The zero-order valence-electron chi connectivity index (χ0n) is 22.7. The SMILES string of the molecule is CCCCCCCc1ccc(-c2cc(C(=O)O[C@@H](CC)C(=O)c3ccccc3)c3cc(C)ccc3n2)cc1. The minimum atomic E-state index is -0.849. The van der Waals surface area contributed by atoms with Crippen LogP contribution in [0.3, 0.4) is 0 Å². The van der Waals surface area contributed by atoms with E-state index in [-0.39, 0.29) is 5.78 Å². The van der Waals surface area contributed by atoms with Gasteiger partial charge in [-0.3, -0.25) is 4.79 Å². The first-order valence-electron chi connectivity index (χ1n) is 13.8. The lowest BCUT2D eigenvalue weighted by atomic mass is 10.00. The molecule has 1 aromatic heterocycles. The van der Waals surface area contributed by atoms with E-state index in [0.717, 1.165) is 28.5 Å². The van der Waals surface area contributed by atoms with Crippen LogP contribution in [0.2, 0.25) is 0 Å². The summed E-state index contributed by atoms with van der Waals surface area (Å²) in [6.07, 6.45) is 6.93. The number of nitrogens with zero attached hydrogens (tertiary/aromatic N) is 1. The molecule has 196 valence electrons. The normalized spacial score (nSPS) is 11.9. The maximum atomic E-state index is 13.5. The number of aromatic nitrogens is 1. The number of ether oxygens (including phenoxy) is 1. The number of benzene rings is 3. The Labute approximate surface area is 226 Å². The molecular weight excluding hydrogens is 470 g/mol. The monoisotopic (exact) mass is 507 g/mol. The Morgan fingerprint density at radius 3 is 2.29 bits per heavy atom. The van der Waals surface area contributed by atoms with Crippen LogP contribution in [0.1, 0.15) is 84.2 Å². The Balaban J connectivity index is 1.59. The van der Waals surface area contributed by atoms with Gasteiger partial charge in [0.15, 0.2) is 6.10 Å². The molecular formula is C34H37NO3. The van der Waals surface area contributed by atoms with E-state index in [0.29, 0.717) is 23.2 Å². The largest absolute Gasteiger partial charge is 0.450 e. The summed E-state index contributed by atoms with van der Waals surface area (Å²) in [5.74, 6) is -0.703. The second kappa shape index (κ2) is 13.1. The van der Waals surface area contributed by atoms with E-state index in [1.165, 1.54) is 37.7 Å². The van der Waals surface area contributed by atoms with Gasteiger partial charge in [0.05, 0.1) is 16.8 Å². The highest BCUT2D eigenvalue weighted by Crippen LogP contribution is 2.27. The summed E-state index contributed by atoms with van der Waals surface area (Å²) in [6, 6.07) is 25.1. The average Bonchev–Trinajstić information content (AvgIpc) is 2.95. The van der Waals surface area contributed by atoms with Gasteiger partial charge in [-0.05, 0) is 49.9 Å². The smallest absolute Gasteiger partial charge is 0.339 e. The van der Waals surface area contributed by atoms with E-state index < -0.39 is 12.1 Å². The number of ketones is 1. The molecule has 0 spiro atoms. The molecule has 0 saturated heterocycles. The molecule has 0 fully saturated rings. The van der Waals surface area contributed by atoms with Crippen molar-refractivity contribution in [2.45, 2.75) is 71.8 Å². The van der Waals surface area contributed by atoms with Crippen molar-refractivity contribution in [1.82, 2.24) is 4.98 Å². The minimum absolute atomic E-state index is 0.193. The first kappa shape index (κ1) is 27.3. The van der Waals surface area contributed by atoms with Gasteiger partial charge in [0, 0.05) is 16.5 Å². The number of esters is 1. The van der Waals surface area contributed by atoms with Gasteiger partial charge in [-0.1, -0.05) is 106 Å².